The molecule has 1 amide bonds. The third kappa shape index (κ3) is 4.54. The van der Waals surface area contributed by atoms with E-state index in [1.165, 1.54) is 43.9 Å². The molecule has 0 atom stereocenters. The van der Waals surface area contributed by atoms with Crippen molar-refractivity contribution in [2.45, 2.75) is 56.6 Å². The van der Waals surface area contributed by atoms with E-state index >= 15 is 0 Å². The van der Waals surface area contributed by atoms with Gasteiger partial charge in [0.1, 0.15) is 5.82 Å². The van der Waals surface area contributed by atoms with Gasteiger partial charge in [-0.1, -0.05) is 31.0 Å². The molecule has 7 heteroatoms. The molecule has 1 aliphatic carbocycles. The van der Waals surface area contributed by atoms with Crippen LogP contribution < -0.4 is 11.1 Å². The lowest BCUT2D eigenvalue weighted by molar-refractivity contribution is -0.113. The molecule has 6 nitrogen and oxygen atoms in total. The van der Waals surface area contributed by atoms with Crippen molar-refractivity contribution in [2.24, 2.45) is 0 Å². The predicted octanol–water partition coefficient (Wildman–Crippen LogP) is 3.66. The molecular weight excluding hydrogens is 334 g/mol. The van der Waals surface area contributed by atoms with Crippen LogP contribution in [0.4, 0.5) is 11.4 Å². The van der Waals surface area contributed by atoms with E-state index in [0.717, 1.165) is 23.2 Å². The number of nitrogens with one attached hydrogen (secondary N) is 1. The summed E-state index contributed by atoms with van der Waals surface area (Å²) in [7, 11) is 0. The van der Waals surface area contributed by atoms with Crippen molar-refractivity contribution in [1.29, 1.82) is 0 Å². The van der Waals surface area contributed by atoms with Crippen LogP contribution in [0.25, 0.3) is 0 Å². The number of rotatable bonds is 6. The van der Waals surface area contributed by atoms with E-state index in [1.54, 1.807) is 24.3 Å². The highest BCUT2D eigenvalue weighted by Crippen LogP contribution is 2.33. The lowest BCUT2D eigenvalue weighted by atomic mass is 9.89. The van der Waals surface area contributed by atoms with Crippen LogP contribution in [0.3, 0.4) is 0 Å². The largest absolute Gasteiger partial charge is 0.399 e. The van der Waals surface area contributed by atoms with Gasteiger partial charge in [-0.05, 0) is 44.0 Å². The number of benzene rings is 1. The molecule has 134 valence electrons. The highest BCUT2D eigenvalue weighted by molar-refractivity contribution is 7.99. The van der Waals surface area contributed by atoms with Crippen LogP contribution in [0.5, 0.6) is 0 Å². The second kappa shape index (κ2) is 8.38. The van der Waals surface area contributed by atoms with Crippen LogP contribution in [0.15, 0.2) is 29.4 Å². The number of nitrogens with zero attached hydrogens (tertiary/aromatic N) is 3. The molecule has 2 aromatic rings. The fourth-order valence-corrected chi connectivity index (χ4v) is 4.07. The number of thioether (sulfide) groups is 1. The first-order chi connectivity index (χ1) is 12.2. The fraction of sp³-hybridized carbons (Fsp3) is 0.500. The van der Waals surface area contributed by atoms with E-state index in [-0.39, 0.29) is 5.91 Å². The molecule has 0 aliphatic heterocycles. The van der Waals surface area contributed by atoms with Crippen molar-refractivity contribution in [3.63, 3.8) is 0 Å². The Morgan fingerprint density at radius 2 is 1.96 bits per heavy atom. The molecule has 1 heterocycles. The number of hydrogen-bond donors (Lipinski definition) is 2. The molecule has 25 heavy (non-hydrogen) atoms. The van der Waals surface area contributed by atoms with E-state index in [4.69, 9.17) is 5.73 Å². The summed E-state index contributed by atoms with van der Waals surface area (Å²) in [5.41, 5.74) is 7.08. The predicted molar refractivity (Wildman–Crippen MR) is 102 cm³/mol. The molecular formula is C18H25N5OS. The van der Waals surface area contributed by atoms with Gasteiger partial charge in [-0.25, -0.2) is 0 Å². The Kier molecular flexibility index (Phi) is 5.96. The second-order valence-electron chi connectivity index (χ2n) is 6.38. The molecule has 0 radical (unpaired) electrons. The number of aromatic nitrogens is 3. The minimum Gasteiger partial charge on any atom is -0.399 e. The van der Waals surface area contributed by atoms with Gasteiger partial charge in [-0.2, -0.15) is 0 Å². The fourth-order valence-electron chi connectivity index (χ4n) is 3.26. The molecule has 0 unspecified atom stereocenters. The summed E-state index contributed by atoms with van der Waals surface area (Å²) in [6.45, 7) is 2.94. The molecule has 0 bridgehead atoms. The summed E-state index contributed by atoms with van der Waals surface area (Å²) in [4.78, 5) is 12.2. The van der Waals surface area contributed by atoms with Gasteiger partial charge in [0.2, 0.25) is 5.91 Å². The molecule has 0 saturated heterocycles. The van der Waals surface area contributed by atoms with Gasteiger partial charge in [0, 0.05) is 23.8 Å². The molecule has 3 rings (SSSR count). The summed E-state index contributed by atoms with van der Waals surface area (Å²) in [5, 5.41) is 12.5. The Morgan fingerprint density at radius 3 is 2.64 bits per heavy atom. The topological polar surface area (TPSA) is 85.8 Å². The maximum absolute atomic E-state index is 12.2. The standard InChI is InChI=1S/C18H25N5OS/c1-2-23-17(13-6-4-3-5-7-13)21-22-18(23)25-12-16(24)20-15-10-8-14(19)9-11-15/h8-11,13H,2-7,12,19H2,1H3,(H,20,24). The Bertz CT molecular complexity index is 707. The quantitative estimate of drug-likeness (QED) is 0.607. The maximum atomic E-state index is 12.2. The van der Waals surface area contributed by atoms with Crippen LogP contribution in [0.1, 0.15) is 50.8 Å². The summed E-state index contributed by atoms with van der Waals surface area (Å²) < 4.78 is 2.16. The van der Waals surface area contributed by atoms with E-state index in [1.807, 2.05) is 0 Å². The van der Waals surface area contributed by atoms with Gasteiger partial charge < -0.3 is 15.6 Å². The zero-order chi connectivity index (χ0) is 17.6. The van der Waals surface area contributed by atoms with Crippen LogP contribution in [0, 0.1) is 0 Å². The smallest absolute Gasteiger partial charge is 0.234 e. The third-order valence-electron chi connectivity index (χ3n) is 4.56. The van der Waals surface area contributed by atoms with Gasteiger partial charge in [0.25, 0.3) is 0 Å². The first-order valence-corrected chi connectivity index (χ1v) is 9.87. The van der Waals surface area contributed by atoms with Gasteiger partial charge in [-0.15, -0.1) is 10.2 Å². The van der Waals surface area contributed by atoms with Crippen LogP contribution in [-0.4, -0.2) is 26.4 Å². The monoisotopic (exact) mass is 359 g/mol. The van der Waals surface area contributed by atoms with E-state index in [9.17, 15) is 4.79 Å². The summed E-state index contributed by atoms with van der Waals surface area (Å²) in [6, 6.07) is 7.14. The maximum Gasteiger partial charge on any atom is 0.234 e. The number of nitrogens with two attached hydrogens (primary N) is 1. The lowest BCUT2D eigenvalue weighted by Gasteiger charge is -2.21. The summed E-state index contributed by atoms with van der Waals surface area (Å²) in [6.07, 6.45) is 6.26. The third-order valence-corrected chi connectivity index (χ3v) is 5.53. The van der Waals surface area contributed by atoms with Gasteiger partial charge in [0.05, 0.1) is 5.75 Å². The average Bonchev–Trinajstić information content (AvgIpc) is 3.05. The minimum atomic E-state index is -0.0559. The molecule has 1 fully saturated rings. The van der Waals surface area contributed by atoms with Crippen molar-refractivity contribution in [1.82, 2.24) is 14.8 Å². The van der Waals surface area contributed by atoms with Gasteiger partial charge >= 0.3 is 0 Å². The van der Waals surface area contributed by atoms with Crippen LogP contribution >= 0.6 is 11.8 Å². The zero-order valence-electron chi connectivity index (χ0n) is 14.6. The van der Waals surface area contributed by atoms with Crippen molar-refractivity contribution in [3.8, 4) is 0 Å². The SMILES string of the molecule is CCn1c(SCC(=O)Nc2ccc(N)cc2)nnc1C1CCCCC1. The number of carbonyl (C=O) groups excluding carboxylic acids is 1. The van der Waals surface area contributed by atoms with Crippen molar-refractivity contribution in [3.05, 3.63) is 30.1 Å². The molecule has 0 spiro atoms. The Hall–Kier alpha value is -2.02. The minimum absolute atomic E-state index is 0.0559. The highest BCUT2D eigenvalue weighted by Gasteiger charge is 2.23. The Morgan fingerprint density at radius 1 is 1.24 bits per heavy atom. The number of hydrogen-bond acceptors (Lipinski definition) is 5. The van der Waals surface area contributed by atoms with E-state index in [2.05, 4.69) is 27.0 Å². The number of amides is 1. The van der Waals surface area contributed by atoms with Gasteiger partial charge in [-0.3, -0.25) is 4.79 Å². The van der Waals surface area contributed by atoms with Gasteiger partial charge in [0.15, 0.2) is 5.16 Å². The average molecular weight is 359 g/mol. The number of carbonyl (C=O) groups is 1. The Labute approximate surface area is 152 Å². The van der Waals surface area contributed by atoms with Crippen molar-refractivity contribution < 1.29 is 4.79 Å². The molecule has 1 aromatic heterocycles. The van der Waals surface area contributed by atoms with Crippen LogP contribution in [0.2, 0.25) is 0 Å². The normalized spacial score (nSPS) is 15.2. The molecule has 1 saturated carbocycles. The van der Waals surface area contributed by atoms with Crippen molar-refractivity contribution >= 4 is 29.0 Å². The molecule has 1 aliphatic rings. The lowest BCUT2D eigenvalue weighted by Crippen LogP contribution is -2.15. The first-order valence-electron chi connectivity index (χ1n) is 8.88. The zero-order valence-corrected chi connectivity index (χ0v) is 15.4. The Balaban J connectivity index is 1.59. The summed E-state index contributed by atoms with van der Waals surface area (Å²) in [5.74, 6) is 1.86. The second-order valence-corrected chi connectivity index (χ2v) is 7.32. The van der Waals surface area contributed by atoms with E-state index in [0.29, 0.717) is 17.4 Å². The van der Waals surface area contributed by atoms with Crippen LogP contribution in [-0.2, 0) is 11.3 Å². The summed E-state index contributed by atoms with van der Waals surface area (Å²) >= 11 is 1.44. The molecule has 3 N–H and O–H groups in total. The molecule has 1 aromatic carbocycles. The number of anilines is 2. The van der Waals surface area contributed by atoms with E-state index < -0.39 is 0 Å². The first kappa shape index (κ1) is 17.8. The van der Waals surface area contributed by atoms with Crippen molar-refractivity contribution in [2.75, 3.05) is 16.8 Å². The number of nitrogen functional groups attached to an aromatic ring is 1. The highest BCUT2D eigenvalue weighted by atomic mass is 32.2.